The minimum atomic E-state index is -0.126. The van der Waals surface area contributed by atoms with Crippen LogP contribution in [-0.4, -0.2) is 23.7 Å². The van der Waals surface area contributed by atoms with Crippen LogP contribution in [0.3, 0.4) is 0 Å². The minimum Gasteiger partial charge on any atom is -0.394 e. The Morgan fingerprint density at radius 3 is 3.00 bits per heavy atom. The van der Waals surface area contributed by atoms with Crippen LogP contribution < -0.4 is 5.32 Å². The fraction of sp³-hybridized carbons (Fsp3) is 0.700. The van der Waals surface area contributed by atoms with E-state index >= 15 is 0 Å². The third-order valence-electron chi connectivity index (χ3n) is 2.30. The summed E-state index contributed by atoms with van der Waals surface area (Å²) >= 11 is 0. The summed E-state index contributed by atoms with van der Waals surface area (Å²) in [6, 6.07) is -0.126. The summed E-state index contributed by atoms with van der Waals surface area (Å²) in [6.07, 6.45) is 6.92. The summed E-state index contributed by atoms with van der Waals surface area (Å²) in [5.41, 5.74) is 0. The van der Waals surface area contributed by atoms with Gasteiger partial charge in [0.05, 0.1) is 6.61 Å². The number of rotatable bonds is 3. The van der Waals surface area contributed by atoms with Crippen LogP contribution in [0.25, 0.3) is 0 Å². The molecule has 0 fully saturated rings. The first-order valence-corrected chi connectivity index (χ1v) is 4.80. The molecule has 1 amide bonds. The molecule has 0 radical (unpaired) electrons. The van der Waals surface area contributed by atoms with Crippen LogP contribution in [0, 0.1) is 5.92 Å². The first-order chi connectivity index (χ1) is 6.24. The number of hydrogen-bond acceptors (Lipinski definition) is 2. The molecule has 3 heteroatoms. The number of aliphatic hydroxyl groups excluding tert-OH is 1. The third-order valence-corrected chi connectivity index (χ3v) is 2.30. The van der Waals surface area contributed by atoms with E-state index in [9.17, 15) is 4.79 Å². The Morgan fingerprint density at radius 1 is 1.69 bits per heavy atom. The highest BCUT2D eigenvalue weighted by atomic mass is 16.3. The second-order valence-corrected chi connectivity index (χ2v) is 3.57. The fourth-order valence-electron chi connectivity index (χ4n) is 1.44. The predicted octanol–water partition coefficient (Wildman–Crippen LogP) is 0.840. The summed E-state index contributed by atoms with van der Waals surface area (Å²) in [5, 5.41) is 11.5. The van der Waals surface area contributed by atoms with Crippen LogP contribution in [0.15, 0.2) is 12.2 Å². The molecule has 0 aromatic carbocycles. The van der Waals surface area contributed by atoms with E-state index in [2.05, 4.69) is 17.5 Å². The normalized spacial score (nSPS) is 24.0. The first-order valence-electron chi connectivity index (χ1n) is 4.80. The van der Waals surface area contributed by atoms with Gasteiger partial charge in [-0.25, -0.2) is 0 Å². The fourth-order valence-corrected chi connectivity index (χ4v) is 1.44. The van der Waals surface area contributed by atoms with E-state index in [4.69, 9.17) is 5.11 Å². The van der Waals surface area contributed by atoms with Gasteiger partial charge in [0.15, 0.2) is 0 Å². The molecular formula is C10H17NO2. The molecule has 3 nitrogen and oxygen atoms in total. The largest absolute Gasteiger partial charge is 0.394 e. The van der Waals surface area contributed by atoms with Crippen molar-refractivity contribution in [3.63, 3.8) is 0 Å². The zero-order valence-electron chi connectivity index (χ0n) is 7.99. The molecular weight excluding hydrogens is 166 g/mol. The van der Waals surface area contributed by atoms with E-state index in [0.29, 0.717) is 0 Å². The van der Waals surface area contributed by atoms with Gasteiger partial charge in [0.2, 0.25) is 5.91 Å². The average molecular weight is 183 g/mol. The molecule has 0 aliphatic heterocycles. The zero-order chi connectivity index (χ0) is 9.68. The molecule has 1 aliphatic rings. The van der Waals surface area contributed by atoms with Crippen molar-refractivity contribution in [3.05, 3.63) is 12.2 Å². The minimum absolute atomic E-state index is 0.00823. The molecule has 2 N–H and O–H groups in total. The van der Waals surface area contributed by atoms with Crippen LogP contribution in [0.1, 0.15) is 26.2 Å². The maximum Gasteiger partial charge on any atom is 0.223 e. The van der Waals surface area contributed by atoms with Gasteiger partial charge < -0.3 is 10.4 Å². The quantitative estimate of drug-likeness (QED) is 0.637. The van der Waals surface area contributed by atoms with Crippen molar-refractivity contribution < 1.29 is 9.90 Å². The van der Waals surface area contributed by atoms with Crippen molar-refractivity contribution in [1.29, 1.82) is 0 Å². The van der Waals surface area contributed by atoms with E-state index in [0.717, 1.165) is 19.3 Å². The summed E-state index contributed by atoms with van der Waals surface area (Å²) in [4.78, 5) is 11.5. The lowest BCUT2D eigenvalue weighted by atomic mass is 9.93. The van der Waals surface area contributed by atoms with Crippen LogP contribution in [0.5, 0.6) is 0 Å². The molecule has 0 heterocycles. The van der Waals surface area contributed by atoms with Crippen LogP contribution in [0.2, 0.25) is 0 Å². The maximum absolute atomic E-state index is 11.5. The smallest absolute Gasteiger partial charge is 0.223 e. The SMILES string of the molecule is CC(CO)NC(=O)C1CC=CCC1. The summed E-state index contributed by atoms with van der Waals surface area (Å²) < 4.78 is 0. The molecule has 0 aromatic rings. The zero-order valence-corrected chi connectivity index (χ0v) is 7.99. The molecule has 0 bridgehead atoms. The maximum atomic E-state index is 11.5. The van der Waals surface area contributed by atoms with Crippen LogP contribution in [-0.2, 0) is 4.79 Å². The van der Waals surface area contributed by atoms with Crippen molar-refractivity contribution in [2.75, 3.05) is 6.61 Å². The van der Waals surface area contributed by atoms with Crippen molar-refractivity contribution in [2.24, 2.45) is 5.92 Å². The van der Waals surface area contributed by atoms with E-state index in [1.165, 1.54) is 0 Å². The Kier molecular flexibility index (Phi) is 3.96. The number of allylic oxidation sites excluding steroid dienone is 2. The van der Waals surface area contributed by atoms with Gasteiger partial charge in [0.25, 0.3) is 0 Å². The van der Waals surface area contributed by atoms with Crippen molar-refractivity contribution >= 4 is 5.91 Å². The Morgan fingerprint density at radius 2 is 2.46 bits per heavy atom. The molecule has 2 unspecified atom stereocenters. The standard InChI is InChI=1S/C10H17NO2/c1-8(7-12)11-10(13)9-5-3-2-4-6-9/h2-3,8-9,12H,4-7H2,1H3,(H,11,13). The second kappa shape index (κ2) is 5.02. The van der Waals surface area contributed by atoms with Gasteiger partial charge in [-0.3, -0.25) is 4.79 Å². The van der Waals surface area contributed by atoms with E-state index in [-0.39, 0.29) is 24.5 Å². The molecule has 1 aliphatic carbocycles. The number of carbonyl (C=O) groups excluding carboxylic acids is 1. The lowest BCUT2D eigenvalue weighted by molar-refractivity contribution is -0.126. The molecule has 0 saturated carbocycles. The number of amides is 1. The molecule has 1 rings (SSSR count). The number of carbonyl (C=O) groups is 1. The monoisotopic (exact) mass is 183 g/mol. The van der Waals surface area contributed by atoms with Crippen molar-refractivity contribution in [2.45, 2.75) is 32.2 Å². The lowest BCUT2D eigenvalue weighted by Gasteiger charge is -2.19. The summed E-state index contributed by atoms with van der Waals surface area (Å²) in [5.74, 6) is 0.185. The second-order valence-electron chi connectivity index (χ2n) is 3.57. The Balaban J connectivity index is 2.34. The van der Waals surface area contributed by atoms with Gasteiger partial charge in [0.1, 0.15) is 0 Å². The molecule has 0 aromatic heterocycles. The Bertz CT molecular complexity index is 201. The van der Waals surface area contributed by atoms with E-state index < -0.39 is 0 Å². The molecule has 74 valence electrons. The summed E-state index contributed by atoms with van der Waals surface area (Å²) in [7, 11) is 0. The first kappa shape index (κ1) is 10.3. The van der Waals surface area contributed by atoms with Crippen LogP contribution in [0.4, 0.5) is 0 Å². The van der Waals surface area contributed by atoms with E-state index in [1.807, 2.05) is 0 Å². The molecule has 2 atom stereocenters. The van der Waals surface area contributed by atoms with Gasteiger partial charge in [-0.05, 0) is 26.2 Å². The molecule has 0 spiro atoms. The van der Waals surface area contributed by atoms with Crippen molar-refractivity contribution in [1.82, 2.24) is 5.32 Å². The average Bonchev–Trinajstić information content (AvgIpc) is 2.19. The highest BCUT2D eigenvalue weighted by Crippen LogP contribution is 2.17. The number of nitrogens with one attached hydrogen (secondary N) is 1. The van der Waals surface area contributed by atoms with E-state index in [1.54, 1.807) is 6.92 Å². The third kappa shape index (κ3) is 3.19. The molecule has 13 heavy (non-hydrogen) atoms. The Labute approximate surface area is 78.8 Å². The lowest BCUT2D eigenvalue weighted by Crippen LogP contribution is -2.39. The Hall–Kier alpha value is -0.830. The highest BCUT2D eigenvalue weighted by molar-refractivity contribution is 5.79. The van der Waals surface area contributed by atoms with Gasteiger partial charge in [-0.2, -0.15) is 0 Å². The molecule has 0 saturated heterocycles. The number of aliphatic hydroxyl groups is 1. The topological polar surface area (TPSA) is 49.3 Å². The highest BCUT2D eigenvalue weighted by Gasteiger charge is 2.19. The van der Waals surface area contributed by atoms with Gasteiger partial charge in [-0.15, -0.1) is 0 Å². The van der Waals surface area contributed by atoms with Gasteiger partial charge >= 0.3 is 0 Å². The van der Waals surface area contributed by atoms with Gasteiger partial charge in [0, 0.05) is 12.0 Å². The predicted molar refractivity (Wildman–Crippen MR) is 51.2 cm³/mol. The summed E-state index contributed by atoms with van der Waals surface area (Å²) in [6.45, 7) is 1.81. The number of hydrogen-bond donors (Lipinski definition) is 2. The van der Waals surface area contributed by atoms with Crippen molar-refractivity contribution in [3.8, 4) is 0 Å². The van der Waals surface area contributed by atoms with Gasteiger partial charge in [-0.1, -0.05) is 12.2 Å². The van der Waals surface area contributed by atoms with Crippen LogP contribution >= 0.6 is 0 Å².